The van der Waals surface area contributed by atoms with E-state index >= 15 is 0 Å². The molecule has 1 aromatic carbocycles. The van der Waals surface area contributed by atoms with Gasteiger partial charge in [-0.25, -0.2) is 0 Å². The summed E-state index contributed by atoms with van der Waals surface area (Å²) in [5.74, 6) is 1.85. The van der Waals surface area contributed by atoms with Crippen LogP contribution in [0.2, 0.25) is 0 Å². The third kappa shape index (κ3) is 2.87. The van der Waals surface area contributed by atoms with Crippen LogP contribution in [0, 0.1) is 28.6 Å². The van der Waals surface area contributed by atoms with Crippen molar-refractivity contribution < 1.29 is 14.6 Å². The predicted molar refractivity (Wildman–Crippen MR) is 113 cm³/mol. The highest BCUT2D eigenvalue weighted by Crippen LogP contribution is 2.67. The largest absolute Gasteiger partial charge is 0.389 e. The monoisotopic (exact) mass is 396 g/mol. The first-order valence-electron chi connectivity index (χ1n) is 11.8. The summed E-state index contributed by atoms with van der Waals surface area (Å²) in [6.45, 7) is 5.26. The summed E-state index contributed by atoms with van der Waals surface area (Å²) < 4.78 is 6.32. The lowest BCUT2D eigenvalue weighted by atomic mass is 9.44. The van der Waals surface area contributed by atoms with Gasteiger partial charge in [0.2, 0.25) is 0 Å². The average molecular weight is 397 g/mol. The fourth-order valence-corrected chi connectivity index (χ4v) is 7.89. The third-order valence-corrected chi connectivity index (χ3v) is 9.85. The number of ketones is 1. The van der Waals surface area contributed by atoms with Crippen LogP contribution in [0.4, 0.5) is 0 Å². The van der Waals surface area contributed by atoms with Gasteiger partial charge in [-0.1, -0.05) is 37.3 Å². The molecule has 0 aliphatic heterocycles. The van der Waals surface area contributed by atoms with Crippen molar-refractivity contribution in [2.45, 2.75) is 89.9 Å². The van der Waals surface area contributed by atoms with Gasteiger partial charge < -0.3 is 9.84 Å². The van der Waals surface area contributed by atoms with Crippen molar-refractivity contribution in [2.24, 2.45) is 28.6 Å². The van der Waals surface area contributed by atoms with Gasteiger partial charge in [-0.2, -0.15) is 0 Å². The van der Waals surface area contributed by atoms with Crippen molar-refractivity contribution in [3.8, 4) is 0 Å². The van der Waals surface area contributed by atoms with Gasteiger partial charge in [0, 0.05) is 6.42 Å². The number of hydrogen-bond donors (Lipinski definition) is 1. The van der Waals surface area contributed by atoms with Gasteiger partial charge in [-0.15, -0.1) is 0 Å². The maximum atomic E-state index is 12.6. The molecule has 158 valence electrons. The normalized spacial score (nSPS) is 46.7. The van der Waals surface area contributed by atoms with Gasteiger partial charge >= 0.3 is 0 Å². The lowest BCUT2D eigenvalue weighted by molar-refractivity contribution is -0.204. The van der Waals surface area contributed by atoms with Gasteiger partial charge in [-0.05, 0) is 87.0 Å². The average Bonchev–Trinajstić information content (AvgIpc) is 2.97. The Balaban J connectivity index is 1.30. The first-order valence-corrected chi connectivity index (χ1v) is 11.8. The fraction of sp³-hybridized carbons (Fsp3) is 0.731. The van der Waals surface area contributed by atoms with Gasteiger partial charge in [-0.3, -0.25) is 4.79 Å². The van der Waals surface area contributed by atoms with E-state index in [2.05, 4.69) is 44.2 Å². The molecule has 0 aromatic heterocycles. The number of Topliss-reactive ketones (excluding diaryl/α,β-unsaturated/α-hetero) is 1. The first kappa shape index (κ1) is 19.8. The van der Waals surface area contributed by atoms with E-state index in [-0.39, 0.29) is 5.41 Å². The van der Waals surface area contributed by atoms with E-state index in [0.29, 0.717) is 49.1 Å². The van der Waals surface area contributed by atoms with E-state index in [1.165, 1.54) is 18.4 Å². The lowest BCUT2D eigenvalue weighted by Gasteiger charge is -2.62. The second-order valence-corrected chi connectivity index (χ2v) is 10.9. The number of hydrogen-bond acceptors (Lipinski definition) is 3. The van der Waals surface area contributed by atoms with E-state index < -0.39 is 11.0 Å². The number of aliphatic hydroxyl groups is 1. The molecule has 0 amide bonds. The lowest BCUT2D eigenvalue weighted by Crippen LogP contribution is -2.62. The molecule has 0 bridgehead atoms. The second-order valence-electron chi connectivity index (χ2n) is 10.9. The zero-order valence-corrected chi connectivity index (χ0v) is 18.0. The van der Waals surface area contributed by atoms with Crippen LogP contribution in [0.15, 0.2) is 30.3 Å². The van der Waals surface area contributed by atoms with Crippen LogP contribution in [0.1, 0.15) is 77.2 Å². The number of benzene rings is 1. The van der Waals surface area contributed by atoms with Crippen LogP contribution in [0.25, 0.3) is 0 Å². The molecule has 4 aliphatic carbocycles. The smallest absolute Gasteiger partial charge is 0.141 e. The van der Waals surface area contributed by atoms with Crippen molar-refractivity contribution in [1.82, 2.24) is 0 Å². The molecular weight excluding hydrogens is 360 g/mol. The molecule has 0 radical (unpaired) electrons. The summed E-state index contributed by atoms with van der Waals surface area (Å²) >= 11 is 0. The summed E-state index contributed by atoms with van der Waals surface area (Å²) in [6.07, 6.45) is 9.33. The zero-order chi connectivity index (χ0) is 20.3. The third-order valence-electron chi connectivity index (χ3n) is 9.85. The van der Waals surface area contributed by atoms with Crippen LogP contribution >= 0.6 is 0 Å². The Hall–Kier alpha value is -1.19. The van der Waals surface area contributed by atoms with E-state index in [0.717, 1.165) is 32.1 Å². The summed E-state index contributed by atoms with van der Waals surface area (Å²) in [6, 6.07) is 10.5. The van der Waals surface area contributed by atoms with E-state index in [1.807, 2.05) is 0 Å². The van der Waals surface area contributed by atoms with E-state index in [1.54, 1.807) is 0 Å². The van der Waals surface area contributed by atoms with Crippen molar-refractivity contribution >= 4 is 5.78 Å². The minimum absolute atomic E-state index is 0.290. The Morgan fingerprint density at radius 3 is 2.59 bits per heavy atom. The number of carbonyl (C=O) groups is 1. The number of fused-ring (bicyclic) bond motifs is 5. The van der Waals surface area contributed by atoms with Gasteiger partial charge in [0.05, 0.1) is 23.7 Å². The highest BCUT2D eigenvalue weighted by Gasteiger charge is 2.67. The highest BCUT2D eigenvalue weighted by molar-refractivity contribution is 5.88. The van der Waals surface area contributed by atoms with Crippen LogP contribution in [0.3, 0.4) is 0 Å². The highest BCUT2D eigenvalue weighted by atomic mass is 16.5. The molecule has 4 aliphatic rings. The maximum Gasteiger partial charge on any atom is 0.141 e. The van der Waals surface area contributed by atoms with E-state index in [4.69, 9.17) is 4.74 Å². The van der Waals surface area contributed by atoms with Gasteiger partial charge in [0.1, 0.15) is 5.78 Å². The molecule has 29 heavy (non-hydrogen) atoms. The molecule has 0 spiro atoms. The second kappa shape index (κ2) is 6.92. The molecule has 3 nitrogen and oxygen atoms in total. The summed E-state index contributed by atoms with van der Waals surface area (Å²) in [5.41, 5.74) is 0.289. The zero-order valence-electron chi connectivity index (χ0n) is 18.0. The Kier molecular flexibility index (Phi) is 4.71. The quantitative estimate of drug-likeness (QED) is 0.754. The van der Waals surface area contributed by atoms with Crippen molar-refractivity contribution in [1.29, 1.82) is 0 Å². The molecule has 4 saturated carbocycles. The van der Waals surface area contributed by atoms with Crippen LogP contribution < -0.4 is 0 Å². The predicted octanol–water partition coefficient (Wildman–Crippen LogP) is 5.30. The summed E-state index contributed by atoms with van der Waals surface area (Å²) in [7, 11) is 0. The molecule has 5 rings (SSSR count). The minimum atomic E-state index is -0.762. The molecule has 7 atom stereocenters. The molecule has 0 heterocycles. The maximum absolute atomic E-state index is 12.6. The minimum Gasteiger partial charge on any atom is -0.389 e. The standard InChI is InChI=1S/C26H36O3/c1-24-13-10-20(29-17-18-6-4-3-5-7-18)16-19(24)8-9-22-21(24)11-14-25(2)23(27)12-15-26(22,25)28/h3-7,19-22,28H,8-17H2,1-2H3/t19-,20-,21-,22+,24-,25+,26-/m0/s1. The Morgan fingerprint density at radius 1 is 1.00 bits per heavy atom. The Labute approximate surface area is 175 Å². The fourth-order valence-electron chi connectivity index (χ4n) is 7.89. The Morgan fingerprint density at radius 2 is 1.79 bits per heavy atom. The number of ether oxygens (including phenoxy) is 1. The van der Waals surface area contributed by atoms with Crippen LogP contribution in [-0.4, -0.2) is 22.6 Å². The SMILES string of the molecule is C[C@]12CC[C@H](OCc3ccccc3)C[C@@H]1CC[C@@H]1[C@@H]2CC[C@]2(C)C(=O)CC[C@]12O. The molecule has 0 saturated heterocycles. The summed E-state index contributed by atoms with van der Waals surface area (Å²) in [4.78, 5) is 12.6. The van der Waals surface area contributed by atoms with Crippen LogP contribution in [-0.2, 0) is 16.1 Å². The molecule has 4 fully saturated rings. The number of carbonyl (C=O) groups excluding carboxylic acids is 1. The molecule has 1 N–H and O–H groups in total. The van der Waals surface area contributed by atoms with Gasteiger partial charge in [0.25, 0.3) is 0 Å². The molecule has 3 heteroatoms. The first-order chi connectivity index (χ1) is 13.9. The number of rotatable bonds is 3. The van der Waals surface area contributed by atoms with Crippen molar-refractivity contribution in [2.75, 3.05) is 0 Å². The molecule has 1 aromatic rings. The summed E-state index contributed by atoms with van der Waals surface area (Å²) in [5, 5.41) is 11.8. The van der Waals surface area contributed by atoms with Crippen molar-refractivity contribution in [3.05, 3.63) is 35.9 Å². The molecular formula is C26H36O3. The van der Waals surface area contributed by atoms with E-state index in [9.17, 15) is 9.90 Å². The topological polar surface area (TPSA) is 46.5 Å². The van der Waals surface area contributed by atoms with Crippen molar-refractivity contribution in [3.63, 3.8) is 0 Å². The molecule has 0 unspecified atom stereocenters. The van der Waals surface area contributed by atoms with Gasteiger partial charge in [0.15, 0.2) is 0 Å². The van der Waals surface area contributed by atoms with Crippen LogP contribution in [0.5, 0.6) is 0 Å². The Bertz CT molecular complexity index is 775.